The summed E-state index contributed by atoms with van der Waals surface area (Å²) >= 11 is 0. The second kappa shape index (κ2) is 6.79. The number of carbonyl (C=O) groups excluding carboxylic acids is 2. The van der Waals surface area contributed by atoms with E-state index in [0.717, 1.165) is 25.9 Å². The molecule has 2 aliphatic rings. The molecule has 0 aliphatic heterocycles. The lowest BCUT2D eigenvalue weighted by atomic mass is 9.61. The Kier molecular flexibility index (Phi) is 5.57. The quantitative estimate of drug-likeness (QED) is 0.703. The maximum Gasteiger partial charge on any atom is 0.191 e. The molecule has 0 heterocycles. The number of hydrogen-bond donors (Lipinski definition) is 0. The van der Waals surface area contributed by atoms with Crippen LogP contribution in [0.4, 0.5) is 0 Å². The van der Waals surface area contributed by atoms with Crippen LogP contribution in [0.25, 0.3) is 0 Å². The van der Waals surface area contributed by atoms with E-state index in [2.05, 4.69) is 40.8 Å². The van der Waals surface area contributed by atoms with E-state index in [9.17, 15) is 9.59 Å². The lowest BCUT2D eigenvalue weighted by molar-refractivity contribution is -0.143. The summed E-state index contributed by atoms with van der Waals surface area (Å²) in [5, 5.41) is 0.213. The summed E-state index contributed by atoms with van der Waals surface area (Å²) in [7, 11) is -1.75. The van der Waals surface area contributed by atoms with E-state index in [-0.39, 0.29) is 16.9 Å². The number of Topliss-reactive ketones (excluding diaryl/α,β-unsaturated/α-hetero) is 2. The van der Waals surface area contributed by atoms with Gasteiger partial charge in [0.15, 0.2) is 8.32 Å². The highest BCUT2D eigenvalue weighted by Gasteiger charge is 2.47. The molecule has 2 rings (SSSR count). The van der Waals surface area contributed by atoms with Crippen molar-refractivity contribution in [3.8, 4) is 0 Å². The Morgan fingerprint density at radius 1 is 1.09 bits per heavy atom. The van der Waals surface area contributed by atoms with Gasteiger partial charge in [0.05, 0.1) is 0 Å². The van der Waals surface area contributed by atoms with Gasteiger partial charge in [-0.2, -0.15) is 0 Å². The molecular weight excluding hydrogens is 304 g/mol. The molecule has 1 unspecified atom stereocenters. The van der Waals surface area contributed by atoms with Gasteiger partial charge in [0.25, 0.3) is 0 Å². The summed E-state index contributed by atoms with van der Waals surface area (Å²) in [6.45, 7) is 14.3. The van der Waals surface area contributed by atoms with Crippen LogP contribution in [0, 0.1) is 23.7 Å². The van der Waals surface area contributed by atoms with Gasteiger partial charge in [-0.25, -0.2) is 0 Å². The zero-order valence-corrected chi connectivity index (χ0v) is 16.8. The Bertz CT molecular complexity index is 464. The van der Waals surface area contributed by atoms with Crippen LogP contribution in [0.3, 0.4) is 0 Å². The third-order valence-electron chi connectivity index (χ3n) is 6.58. The van der Waals surface area contributed by atoms with E-state index in [4.69, 9.17) is 4.43 Å². The number of fused-ring (bicyclic) bond motifs is 1. The molecule has 0 saturated heterocycles. The highest BCUT2D eigenvalue weighted by atomic mass is 28.4. The van der Waals surface area contributed by atoms with E-state index < -0.39 is 8.32 Å². The Hall–Kier alpha value is -0.483. The zero-order valence-electron chi connectivity index (χ0n) is 15.8. The molecule has 132 valence electrons. The normalized spacial score (nSPS) is 32.8. The molecule has 2 saturated carbocycles. The average Bonchev–Trinajstić information content (AvgIpc) is 2.47. The number of hydrogen-bond acceptors (Lipinski definition) is 3. The highest BCUT2D eigenvalue weighted by molar-refractivity contribution is 6.74. The molecular formula is C19H34O3Si. The maximum absolute atomic E-state index is 12.4. The van der Waals surface area contributed by atoms with E-state index in [0.29, 0.717) is 36.2 Å². The monoisotopic (exact) mass is 338 g/mol. The predicted octanol–water partition coefficient (Wildman–Crippen LogP) is 4.61. The second-order valence-electron chi connectivity index (χ2n) is 9.14. The second-order valence-corrected chi connectivity index (χ2v) is 14.0. The molecule has 0 aromatic heterocycles. The summed E-state index contributed by atoms with van der Waals surface area (Å²) in [5.41, 5.74) is 0. The molecule has 0 aromatic rings. The maximum atomic E-state index is 12.4. The van der Waals surface area contributed by atoms with Crippen molar-refractivity contribution in [1.82, 2.24) is 0 Å². The minimum absolute atomic E-state index is 0.00497. The van der Waals surface area contributed by atoms with Crippen molar-refractivity contribution in [3.05, 3.63) is 0 Å². The van der Waals surface area contributed by atoms with Crippen LogP contribution < -0.4 is 0 Å². The van der Waals surface area contributed by atoms with Crippen molar-refractivity contribution in [2.75, 3.05) is 6.61 Å². The first kappa shape index (κ1) is 18.8. The van der Waals surface area contributed by atoms with Gasteiger partial charge in [-0.05, 0) is 42.8 Å². The molecule has 0 N–H and O–H groups in total. The smallest absolute Gasteiger partial charge is 0.191 e. The van der Waals surface area contributed by atoms with Crippen LogP contribution in [0.15, 0.2) is 0 Å². The summed E-state index contributed by atoms with van der Waals surface area (Å²) < 4.78 is 6.41. The van der Waals surface area contributed by atoms with Crippen LogP contribution in [0.2, 0.25) is 18.1 Å². The summed E-state index contributed by atoms with van der Waals surface area (Å²) in [4.78, 5) is 24.7. The zero-order chi connectivity index (χ0) is 17.4. The fourth-order valence-corrected chi connectivity index (χ4v) is 5.11. The Labute approximate surface area is 142 Å². The van der Waals surface area contributed by atoms with Crippen molar-refractivity contribution in [3.63, 3.8) is 0 Å². The number of carbonyl (C=O) groups is 2. The number of ketones is 2. The molecule has 0 aromatic carbocycles. The Morgan fingerprint density at radius 3 is 2.26 bits per heavy atom. The molecule has 2 aliphatic carbocycles. The first-order valence-corrected chi connectivity index (χ1v) is 12.2. The predicted molar refractivity (Wildman–Crippen MR) is 95.9 cm³/mol. The molecule has 4 atom stereocenters. The fourth-order valence-electron chi connectivity index (χ4n) is 4.02. The molecule has 4 heteroatoms. The van der Waals surface area contributed by atoms with Crippen molar-refractivity contribution in [1.29, 1.82) is 0 Å². The summed E-state index contributed by atoms with van der Waals surface area (Å²) in [6.07, 6.45) is 3.84. The molecule has 3 nitrogen and oxygen atoms in total. The van der Waals surface area contributed by atoms with Crippen LogP contribution in [-0.2, 0) is 14.0 Å². The molecule has 23 heavy (non-hydrogen) atoms. The molecule has 0 spiro atoms. The SMILES string of the molecule is CC[C@H]1CC(CO[Si](C)(C)C(C)(C)C)C[C@H]2C(=O)CCC(=O)[C@@H]12. The number of rotatable bonds is 4. The topological polar surface area (TPSA) is 43.4 Å². The minimum Gasteiger partial charge on any atom is -0.417 e. The van der Waals surface area contributed by atoms with E-state index in [1.54, 1.807) is 0 Å². The molecule has 0 bridgehead atoms. The third kappa shape index (κ3) is 3.96. The van der Waals surface area contributed by atoms with Gasteiger partial charge in [-0.3, -0.25) is 9.59 Å². The van der Waals surface area contributed by atoms with Gasteiger partial charge in [0.2, 0.25) is 0 Å². The molecule has 2 fully saturated rings. The standard InChI is InChI=1S/C19H34O3Si/c1-7-14-10-13(12-22-23(5,6)19(2,3)4)11-15-16(20)8-9-17(21)18(14)15/h13-15,18H,7-12H2,1-6H3/t13?,14-,15-,18-/m0/s1. The van der Waals surface area contributed by atoms with Crippen LogP contribution in [-0.4, -0.2) is 26.5 Å². The lowest BCUT2D eigenvalue weighted by Gasteiger charge is -2.44. The largest absolute Gasteiger partial charge is 0.417 e. The average molecular weight is 339 g/mol. The van der Waals surface area contributed by atoms with Gasteiger partial charge in [-0.15, -0.1) is 0 Å². The van der Waals surface area contributed by atoms with Gasteiger partial charge < -0.3 is 4.43 Å². The summed E-state index contributed by atoms with van der Waals surface area (Å²) in [6, 6.07) is 0. The fraction of sp³-hybridized carbons (Fsp3) is 0.895. The third-order valence-corrected chi connectivity index (χ3v) is 11.1. The van der Waals surface area contributed by atoms with E-state index >= 15 is 0 Å². The minimum atomic E-state index is -1.75. The van der Waals surface area contributed by atoms with Gasteiger partial charge in [0, 0.05) is 31.3 Å². The first-order valence-electron chi connectivity index (χ1n) is 9.26. The Morgan fingerprint density at radius 2 is 1.70 bits per heavy atom. The van der Waals surface area contributed by atoms with Crippen LogP contribution in [0.1, 0.15) is 59.8 Å². The highest BCUT2D eigenvalue weighted by Crippen LogP contribution is 2.45. The van der Waals surface area contributed by atoms with Crippen molar-refractivity contribution in [2.45, 2.75) is 77.9 Å². The Balaban J connectivity index is 2.05. The van der Waals surface area contributed by atoms with Gasteiger partial charge in [-0.1, -0.05) is 34.1 Å². The van der Waals surface area contributed by atoms with Crippen molar-refractivity contribution < 1.29 is 14.0 Å². The summed E-state index contributed by atoms with van der Waals surface area (Å²) in [5.74, 6) is 1.45. The van der Waals surface area contributed by atoms with Gasteiger partial charge >= 0.3 is 0 Å². The lowest BCUT2D eigenvalue weighted by Crippen LogP contribution is -2.47. The molecule has 0 radical (unpaired) electrons. The van der Waals surface area contributed by atoms with Crippen LogP contribution in [0.5, 0.6) is 0 Å². The van der Waals surface area contributed by atoms with Gasteiger partial charge in [0.1, 0.15) is 11.6 Å². The van der Waals surface area contributed by atoms with E-state index in [1.807, 2.05) is 0 Å². The van der Waals surface area contributed by atoms with Crippen LogP contribution >= 0.6 is 0 Å². The first-order chi connectivity index (χ1) is 10.6. The molecule has 0 amide bonds. The van der Waals surface area contributed by atoms with Crippen molar-refractivity contribution in [2.24, 2.45) is 23.7 Å². The van der Waals surface area contributed by atoms with Crippen molar-refractivity contribution >= 4 is 19.9 Å². The van der Waals surface area contributed by atoms with E-state index in [1.165, 1.54) is 0 Å².